The highest BCUT2D eigenvalue weighted by molar-refractivity contribution is 6.76. The summed E-state index contributed by atoms with van der Waals surface area (Å²) in [5.74, 6) is 2.72. The number of amidine groups is 2. The van der Waals surface area contributed by atoms with Crippen LogP contribution < -0.4 is 24.7 Å². The highest BCUT2D eigenvalue weighted by atomic mass is 28.3. The maximum absolute atomic E-state index is 13.2. The molecule has 0 radical (unpaired) electrons. The Balaban J connectivity index is 0.000000207. The molecule has 6 heterocycles. The second-order valence-electron chi connectivity index (χ2n) is 23.4. The summed E-state index contributed by atoms with van der Waals surface area (Å²) in [5.41, 5.74) is 7.86. The molecule has 2 atom stereocenters. The van der Waals surface area contributed by atoms with Crippen LogP contribution in [0.1, 0.15) is 91.5 Å². The first kappa shape index (κ1) is 50.5. The molecule has 372 valence electrons. The summed E-state index contributed by atoms with van der Waals surface area (Å²) in [4.78, 5) is 57.6. The van der Waals surface area contributed by atoms with Crippen molar-refractivity contribution >= 4 is 55.1 Å². The summed E-state index contributed by atoms with van der Waals surface area (Å²) < 4.78 is 28.8. The van der Waals surface area contributed by atoms with Crippen LogP contribution in [0.3, 0.4) is 0 Å². The van der Waals surface area contributed by atoms with Crippen LogP contribution in [-0.2, 0) is 36.6 Å². The van der Waals surface area contributed by atoms with Crippen molar-refractivity contribution < 1.29 is 42.9 Å². The van der Waals surface area contributed by atoms with Gasteiger partial charge in [0.1, 0.15) is 54.7 Å². The predicted octanol–water partition coefficient (Wildman–Crippen LogP) is 7.67. The summed E-state index contributed by atoms with van der Waals surface area (Å²) >= 11 is 0. The lowest BCUT2D eigenvalue weighted by molar-refractivity contribution is -0.138. The molecule has 0 saturated carbocycles. The topological polar surface area (TPSA) is 167 Å². The highest BCUT2D eigenvalue weighted by Gasteiger charge is 2.46. The third-order valence-electron chi connectivity index (χ3n) is 13.0. The van der Waals surface area contributed by atoms with Gasteiger partial charge in [0.2, 0.25) is 0 Å². The quantitative estimate of drug-likeness (QED) is 0.194. The smallest absolute Gasteiger partial charge is 0.410 e. The van der Waals surface area contributed by atoms with Crippen molar-refractivity contribution in [2.24, 2.45) is 21.0 Å². The molecule has 6 aliphatic rings. The maximum atomic E-state index is 13.2. The first-order valence-corrected chi connectivity index (χ1v) is 27.6. The highest BCUT2D eigenvalue weighted by Crippen LogP contribution is 2.43. The third-order valence-corrected chi connectivity index (χ3v) is 14.7. The van der Waals surface area contributed by atoms with Crippen molar-refractivity contribution in [3.63, 3.8) is 0 Å². The number of benzene rings is 2. The van der Waals surface area contributed by atoms with Gasteiger partial charge in [-0.3, -0.25) is 9.59 Å². The molecule has 0 bridgehead atoms. The molecule has 0 aliphatic carbocycles. The van der Waals surface area contributed by atoms with Crippen molar-refractivity contribution in [3.8, 4) is 11.5 Å². The van der Waals surface area contributed by atoms with E-state index in [1.54, 1.807) is 9.80 Å². The minimum Gasteiger partial charge on any atom is -0.483 e. The van der Waals surface area contributed by atoms with E-state index in [9.17, 15) is 19.2 Å². The molecule has 0 spiro atoms. The van der Waals surface area contributed by atoms with Crippen molar-refractivity contribution in [2.45, 2.75) is 145 Å². The number of carbonyl (C=O) groups is 4. The van der Waals surface area contributed by atoms with Crippen molar-refractivity contribution in [3.05, 3.63) is 46.5 Å². The molecule has 17 nitrogen and oxygen atoms in total. The van der Waals surface area contributed by atoms with E-state index in [1.165, 1.54) is 16.1 Å². The lowest BCUT2D eigenvalue weighted by Crippen LogP contribution is -2.59. The van der Waals surface area contributed by atoms with Crippen LogP contribution in [0.4, 0.5) is 21.0 Å². The molecular weight excluding hydrogens is 885 g/mol. The Kier molecular flexibility index (Phi) is 13.8. The van der Waals surface area contributed by atoms with Gasteiger partial charge in [-0.25, -0.2) is 20.0 Å². The van der Waals surface area contributed by atoms with Gasteiger partial charge in [-0.05, 0) is 135 Å². The fourth-order valence-corrected chi connectivity index (χ4v) is 10.2. The SMILES string of the molecule is Cc1cc2c(cc1CC1(C)CN(C(=O)OC(C)(C)C)C1)N1C(=NN(COCC[Si](C)(C)C)C(=O)C1C)CO2.Cc1cc2c(cc1CC1(C)CN(C(=O)OC(C)(C)C)C1)N1C(=NNC(=O)C1C)CO2. The number of anilines is 2. The summed E-state index contributed by atoms with van der Waals surface area (Å²) in [6.45, 7) is 34.5. The van der Waals surface area contributed by atoms with Gasteiger partial charge in [-0.1, -0.05) is 33.5 Å². The minimum absolute atomic E-state index is 0.0206. The van der Waals surface area contributed by atoms with Gasteiger partial charge < -0.3 is 43.3 Å². The summed E-state index contributed by atoms with van der Waals surface area (Å²) in [6.07, 6.45) is 1.11. The van der Waals surface area contributed by atoms with E-state index in [2.05, 4.69) is 81.2 Å². The number of hydrogen-bond acceptors (Lipinski definition) is 13. The van der Waals surface area contributed by atoms with E-state index in [1.807, 2.05) is 71.3 Å². The van der Waals surface area contributed by atoms with E-state index >= 15 is 0 Å². The van der Waals surface area contributed by atoms with Crippen molar-refractivity contribution in [1.29, 1.82) is 0 Å². The molecule has 0 aromatic heterocycles. The Hall–Kier alpha value is -5.36. The molecular formula is C50H74N8O9Si. The van der Waals surface area contributed by atoms with E-state index in [4.69, 9.17) is 23.7 Å². The molecule has 2 unspecified atom stereocenters. The van der Waals surface area contributed by atoms with Gasteiger partial charge in [0.15, 0.2) is 11.7 Å². The molecule has 8 rings (SSSR count). The molecule has 4 amide bonds. The number of aryl methyl sites for hydroxylation is 2. The average Bonchev–Trinajstić information content (AvgIpc) is 3.19. The molecule has 2 fully saturated rings. The van der Waals surface area contributed by atoms with Gasteiger partial charge in [-0.2, -0.15) is 10.2 Å². The number of ether oxygens (including phenoxy) is 5. The molecule has 2 aromatic carbocycles. The van der Waals surface area contributed by atoms with Crippen LogP contribution >= 0.6 is 0 Å². The average molecular weight is 959 g/mol. The molecule has 2 saturated heterocycles. The van der Waals surface area contributed by atoms with Crippen LogP contribution in [0.25, 0.3) is 0 Å². The summed E-state index contributed by atoms with van der Waals surface area (Å²) in [5, 5.41) is 10.2. The standard InChI is InChI=1S/C28H44N4O5Si.C22H30N4O4/c1-19-12-23-22(13-21(19)14-28(6)16-30(17-28)26(34)37-27(3,4)5)32-20(2)25(33)31(29-24(32)15-36-23)18-35-10-11-38(7,8)9;1-13-7-17-16(26-14(2)19(27)24-23-18(26)10-29-17)8-15(13)9-22(6)11-25(12-22)20(28)30-21(3,4)5/h12-13,20H,10-11,14-18H2,1-9H3;7-8,14H,9-12H2,1-6H3,(H,24,27). The number of hydrogen-bond donors (Lipinski definition) is 1. The number of nitrogens with zero attached hydrogens (tertiary/aromatic N) is 7. The fraction of sp³-hybridized carbons (Fsp3) is 0.640. The lowest BCUT2D eigenvalue weighted by atomic mass is 9.76. The Morgan fingerprint density at radius 1 is 0.750 bits per heavy atom. The van der Waals surface area contributed by atoms with Crippen LogP contribution in [0.5, 0.6) is 11.5 Å². The Bertz CT molecular complexity index is 2370. The fourth-order valence-electron chi connectivity index (χ4n) is 9.42. The van der Waals surface area contributed by atoms with Gasteiger partial charge in [-0.15, -0.1) is 0 Å². The van der Waals surface area contributed by atoms with E-state index in [0.717, 1.165) is 52.9 Å². The molecule has 1 N–H and O–H groups in total. The number of carbonyl (C=O) groups excluding carboxylic acids is 4. The lowest BCUT2D eigenvalue weighted by Gasteiger charge is -2.48. The normalized spacial score (nSPS) is 21.4. The van der Waals surface area contributed by atoms with Crippen molar-refractivity contribution in [2.75, 3.05) is 62.5 Å². The van der Waals surface area contributed by atoms with Crippen LogP contribution in [-0.4, -0.2) is 135 Å². The van der Waals surface area contributed by atoms with Gasteiger partial charge >= 0.3 is 12.2 Å². The second kappa shape index (κ2) is 18.5. The third kappa shape index (κ3) is 11.4. The first-order valence-electron chi connectivity index (χ1n) is 23.9. The number of rotatable bonds is 9. The zero-order valence-electron chi connectivity index (χ0n) is 43.0. The first-order chi connectivity index (χ1) is 31.5. The Morgan fingerprint density at radius 3 is 1.66 bits per heavy atom. The number of amides is 4. The Morgan fingerprint density at radius 2 is 1.21 bits per heavy atom. The van der Waals surface area contributed by atoms with Gasteiger partial charge in [0.05, 0.1) is 11.4 Å². The number of hydrazone groups is 2. The largest absolute Gasteiger partial charge is 0.483 e. The monoisotopic (exact) mass is 959 g/mol. The summed E-state index contributed by atoms with van der Waals surface area (Å²) in [7, 11) is -1.21. The number of fused-ring (bicyclic) bond motifs is 6. The molecule has 2 aromatic rings. The van der Waals surface area contributed by atoms with Gasteiger partial charge in [0.25, 0.3) is 11.8 Å². The number of nitrogens with one attached hydrogen (secondary N) is 1. The van der Waals surface area contributed by atoms with Crippen LogP contribution in [0, 0.1) is 24.7 Å². The molecule has 68 heavy (non-hydrogen) atoms. The van der Waals surface area contributed by atoms with Gasteiger partial charge in [0, 0.05) is 51.7 Å². The van der Waals surface area contributed by atoms with E-state index < -0.39 is 25.3 Å². The predicted molar refractivity (Wildman–Crippen MR) is 265 cm³/mol. The number of likely N-dealkylation sites (tertiary alicyclic amines) is 2. The van der Waals surface area contributed by atoms with Crippen molar-refractivity contribution in [1.82, 2.24) is 20.2 Å². The van der Waals surface area contributed by atoms with Crippen LogP contribution in [0.15, 0.2) is 34.5 Å². The van der Waals surface area contributed by atoms with E-state index in [-0.39, 0.29) is 47.6 Å². The molecule has 18 heteroatoms. The second-order valence-corrected chi connectivity index (χ2v) is 29.0. The van der Waals surface area contributed by atoms with Crippen LogP contribution in [0.2, 0.25) is 25.7 Å². The maximum Gasteiger partial charge on any atom is 0.410 e. The Labute approximate surface area is 403 Å². The minimum atomic E-state index is -1.21. The zero-order chi connectivity index (χ0) is 49.9. The molecule has 6 aliphatic heterocycles. The zero-order valence-corrected chi connectivity index (χ0v) is 44.0. The van der Waals surface area contributed by atoms with E-state index in [0.29, 0.717) is 57.7 Å². The summed E-state index contributed by atoms with van der Waals surface area (Å²) in [6, 6.07) is 8.61.